The number of aromatic nitrogens is 2. The second-order valence-electron chi connectivity index (χ2n) is 4.36. The molecule has 0 bridgehead atoms. The Kier molecular flexibility index (Phi) is 3.54. The summed E-state index contributed by atoms with van der Waals surface area (Å²) >= 11 is 1.41. The van der Waals surface area contributed by atoms with E-state index < -0.39 is 17.2 Å². The van der Waals surface area contributed by atoms with E-state index in [0.29, 0.717) is 5.70 Å². The van der Waals surface area contributed by atoms with Gasteiger partial charge in [-0.3, -0.25) is 25.1 Å². The number of rotatable bonds is 3. The lowest BCUT2D eigenvalue weighted by Crippen LogP contribution is -2.34. The average Bonchev–Trinajstić information content (AvgIpc) is 3.00. The van der Waals surface area contributed by atoms with Crippen molar-refractivity contribution in [3.8, 4) is 11.9 Å². The molecular formula is C13H10N4O4S. The third kappa shape index (κ3) is 2.20. The lowest BCUT2D eigenvalue weighted by atomic mass is 9.93. The molecule has 112 valence electrons. The summed E-state index contributed by atoms with van der Waals surface area (Å²) in [5.41, 5.74) is 1.83. The maximum absolute atomic E-state index is 12.2. The molecule has 8 nitrogen and oxygen atoms in total. The van der Waals surface area contributed by atoms with Crippen LogP contribution in [0.2, 0.25) is 0 Å². The number of thiophene rings is 1. The molecule has 1 aliphatic heterocycles. The molecule has 3 heterocycles. The van der Waals surface area contributed by atoms with Crippen molar-refractivity contribution in [3.05, 3.63) is 60.2 Å². The Balaban J connectivity index is 2.31. The molecule has 0 aliphatic carbocycles. The molecule has 3 N–H and O–H groups in total. The lowest BCUT2D eigenvalue weighted by Gasteiger charge is -2.26. The molecule has 0 aromatic carbocycles. The highest BCUT2D eigenvalue weighted by Gasteiger charge is 2.35. The van der Waals surface area contributed by atoms with Gasteiger partial charge in [-0.25, -0.2) is 4.79 Å². The number of hydrogen-bond acceptors (Lipinski definition) is 7. The number of nitrogens with zero attached hydrogens (tertiary/aromatic N) is 1. The van der Waals surface area contributed by atoms with Crippen LogP contribution in [0.5, 0.6) is 5.88 Å². The number of nitriles is 1. The lowest BCUT2D eigenvalue weighted by molar-refractivity contribution is 0.108. The highest BCUT2D eigenvalue weighted by Crippen LogP contribution is 2.40. The number of aromatic amines is 2. The molecule has 0 fully saturated rings. The molecule has 1 aliphatic rings. The number of H-pyrrole nitrogens is 2. The fourth-order valence-corrected chi connectivity index (χ4v) is 3.13. The first kappa shape index (κ1) is 14.1. The molecule has 2 aromatic rings. The van der Waals surface area contributed by atoms with Gasteiger partial charge in [0.15, 0.2) is 0 Å². The van der Waals surface area contributed by atoms with E-state index in [9.17, 15) is 14.9 Å². The van der Waals surface area contributed by atoms with Gasteiger partial charge in [-0.2, -0.15) is 5.26 Å². The van der Waals surface area contributed by atoms with Crippen LogP contribution in [-0.2, 0) is 4.84 Å². The topological polar surface area (TPSA) is 120 Å². The van der Waals surface area contributed by atoms with Gasteiger partial charge in [0.2, 0.25) is 11.6 Å². The van der Waals surface area contributed by atoms with Gasteiger partial charge in [0.1, 0.15) is 11.8 Å². The van der Waals surface area contributed by atoms with Crippen molar-refractivity contribution in [3.63, 3.8) is 0 Å². The van der Waals surface area contributed by atoms with Crippen LogP contribution in [0.4, 0.5) is 0 Å². The first-order chi connectivity index (χ1) is 10.7. The zero-order valence-electron chi connectivity index (χ0n) is 11.3. The van der Waals surface area contributed by atoms with E-state index in [4.69, 9.17) is 9.57 Å². The van der Waals surface area contributed by atoms with E-state index in [1.54, 1.807) is 0 Å². The summed E-state index contributed by atoms with van der Waals surface area (Å²) in [5, 5.41) is 11.1. The third-order valence-electron chi connectivity index (χ3n) is 3.11. The minimum atomic E-state index is -0.700. The fraction of sp³-hybridized carbons (Fsp3) is 0.154. The monoisotopic (exact) mass is 318 g/mol. The Hall–Kier alpha value is -2.83. The van der Waals surface area contributed by atoms with Crippen molar-refractivity contribution in [2.75, 3.05) is 7.11 Å². The van der Waals surface area contributed by atoms with Gasteiger partial charge < -0.3 is 4.74 Å². The summed E-state index contributed by atoms with van der Waals surface area (Å²) in [4.78, 5) is 33.9. The van der Waals surface area contributed by atoms with E-state index in [1.807, 2.05) is 23.6 Å². The molecule has 1 atom stereocenters. The molecule has 0 saturated heterocycles. The summed E-state index contributed by atoms with van der Waals surface area (Å²) in [7, 11) is 1.39. The smallest absolute Gasteiger partial charge is 0.328 e. The molecular weight excluding hydrogens is 308 g/mol. The minimum absolute atomic E-state index is 0.0367. The molecule has 1 unspecified atom stereocenters. The quantitative estimate of drug-likeness (QED) is 0.710. The molecule has 2 aromatic heterocycles. The van der Waals surface area contributed by atoms with Gasteiger partial charge in [-0.1, -0.05) is 6.07 Å². The van der Waals surface area contributed by atoms with Crippen LogP contribution in [0.3, 0.4) is 0 Å². The summed E-state index contributed by atoms with van der Waals surface area (Å²) < 4.78 is 5.34. The van der Waals surface area contributed by atoms with Crippen molar-refractivity contribution in [2.45, 2.75) is 5.92 Å². The molecule has 0 saturated carbocycles. The van der Waals surface area contributed by atoms with Crippen LogP contribution >= 0.6 is 11.3 Å². The largest absolute Gasteiger partial charge is 0.427 e. The maximum Gasteiger partial charge on any atom is 0.328 e. The van der Waals surface area contributed by atoms with Gasteiger partial charge in [0.25, 0.3) is 5.56 Å². The number of ether oxygens (including phenoxy) is 1. The first-order valence-corrected chi connectivity index (χ1v) is 7.04. The number of allylic oxidation sites excluding steroid dienone is 2. The van der Waals surface area contributed by atoms with Crippen LogP contribution in [0, 0.1) is 11.3 Å². The number of hydroxylamine groups is 1. The molecule has 9 heteroatoms. The van der Waals surface area contributed by atoms with Crippen LogP contribution in [0.15, 0.2) is 38.6 Å². The average molecular weight is 318 g/mol. The summed E-state index contributed by atoms with van der Waals surface area (Å²) in [6, 6.07) is 5.54. The van der Waals surface area contributed by atoms with Gasteiger partial charge in [-0.05, 0) is 11.4 Å². The predicted octanol–water partition coefficient (Wildman–Crippen LogP) is 0.535. The van der Waals surface area contributed by atoms with E-state index in [2.05, 4.69) is 15.4 Å². The van der Waals surface area contributed by atoms with Crippen molar-refractivity contribution in [1.82, 2.24) is 15.4 Å². The maximum atomic E-state index is 12.2. The van der Waals surface area contributed by atoms with Gasteiger partial charge in [-0.15, -0.1) is 11.3 Å². The Bertz CT molecular complexity index is 888. The van der Waals surface area contributed by atoms with Gasteiger partial charge in [0, 0.05) is 4.88 Å². The van der Waals surface area contributed by atoms with Crippen LogP contribution in [-0.4, -0.2) is 17.1 Å². The Morgan fingerprint density at radius 2 is 2.27 bits per heavy atom. The van der Waals surface area contributed by atoms with E-state index >= 15 is 0 Å². The number of fused-ring (bicyclic) bond motifs is 1. The predicted molar refractivity (Wildman–Crippen MR) is 77.3 cm³/mol. The van der Waals surface area contributed by atoms with E-state index in [1.165, 1.54) is 18.4 Å². The standard InChI is InChI=1S/C13H10N4O4S/c1-20-17-10-6(5-14)21-12-9(11(18)15-13(19)16-12)8(10)7-3-2-4-22-7/h2-4,8,17H,1H3,(H2,15,16,18,19). The van der Waals surface area contributed by atoms with E-state index in [-0.39, 0.29) is 17.2 Å². The Labute approximate surface area is 127 Å². The van der Waals surface area contributed by atoms with Gasteiger partial charge in [0.05, 0.1) is 18.6 Å². The van der Waals surface area contributed by atoms with Crippen molar-refractivity contribution in [1.29, 1.82) is 5.26 Å². The van der Waals surface area contributed by atoms with Crippen LogP contribution in [0.25, 0.3) is 0 Å². The van der Waals surface area contributed by atoms with Crippen molar-refractivity contribution >= 4 is 11.3 Å². The zero-order valence-corrected chi connectivity index (χ0v) is 12.1. The van der Waals surface area contributed by atoms with Crippen molar-refractivity contribution < 1.29 is 9.57 Å². The third-order valence-corrected chi connectivity index (χ3v) is 4.05. The normalized spacial score (nSPS) is 16.6. The second-order valence-corrected chi connectivity index (χ2v) is 5.34. The second kappa shape index (κ2) is 5.51. The first-order valence-electron chi connectivity index (χ1n) is 6.16. The fourth-order valence-electron chi connectivity index (χ4n) is 2.29. The van der Waals surface area contributed by atoms with Crippen molar-refractivity contribution in [2.24, 2.45) is 0 Å². The molecule has 0 spiro atoms. The number of nitrogens with one attached hydrogen (secondary N) is 3. The molecule has 0 radical (unpaired) electrons. The zero-order chi connectivity index (χ0) is 15.7. The molecule has 22 heavy (non-hydrogen) atoms. The highest BCUT2D eigenvalue weighted by molar-refractivity contribution is 7.10. The van der Waals surface area contributed by atoms with Crippen LogP contribution < -0.4 is 21.5 Å². The molecule has 0 amide bonds. The van der Waals surface area contributed by atoms with Gasteiger partial charge >= 0.3 is 5.69 Å². The SMILES string of the molecule is CONC1=C(C#N)Oc2[nH]c(=O)[nH]c(=O)c2C1c1cccs1. The van der Waals surface area contributed by atoms with E-state index in [0.717, 1.165) is 4.88 Å². The summed E-state index contributed by atoms with van der Waals surface area (Å²) in [6.07, 6.45) is 0. The number of hydrogen-bond donors (Lipinski definition) is 3. The van der Waals surface area contributed by atoms with Crippen LogP contribution in [0.1, 0.15) is 16.4 Å². The Morgan fingerprint density at radius 1 is 1.45 bits per heavy atom. The highest BCUT2D eigenvalue weighted by atomic mass is 32.1. The summed E-state index contributed by atoms with van der Waals surface area (Å²) in [6.45, 7) is 0. The minimum Gasteiger partial charge on any atom is -0.427 e. The summed E-state index contributed by atoms with van der Waals surface area (Å²) in [5.74, 6) is -0.710. The molecule has 3 rings (SSSR count). The Morgan fingerprint density at radius 3 is 2.91 bits per heavy atom.